The van der Waals surface area contributed by atoms with Gasteiger partial charge in [0, 0.05) is 32.2 Å². The molecule has 2 heterocycles. The van der Waals surface area contributed by atoms with Gasteiger partial charge in [0.1, 0.15) is 11.6 Å². The minimum Gasteiger partial charge on any atom is -0.370 e. The van der Waals surface area contributed by atoms with Gasteiger partial charge in [0.2, 0.25) is 5.95 Å². The zero-order valence-corrected chi connectivity index (χ0v) is 11.2. The van der Waals surface area contributed by atoms with Crippen molar-refractivity contribution in [2.45, 2.75) is 13.3 Å². The molecule has 3 N–H and O–H groups in total. The summed E-state index contributed by atoms with van der Waals surface area (Å²) in [6.07, 6.45) is 1.15. The maximum atomic E-state index is 5.76. The van der Waals surface area contributed by atoms with Crippen LogP contribution in [0.4, 0.5) is 17.6 Å². The summed E-state index contributed by atoms with van der Waals surface area (Å²) in [7, 11) is 2.15. The Balaban J connectivity index is 2.15. The minimum absolute atomic E-state index is 0.334. The molecule has 0 aromatic carbocycles. The molecule has 1 aromatic heterocycles. The predicted octanol–water partition coefficient (Wildman–Crippen LogP) is 0.633. The van der Waals surface area contributed by atoms with Gasteiger partial charge < -0.3 is 20.9 Å². The lowest BCUT2D eigenvalue weighted by Crippen LogP contribution is -2.29. The van der Waals surface area contributed by atoms with Gasteiger partial charge in [-0.1, -0.05) is 0 Å². The number of nitrogen functional groups attached to an aromatic ring is 1. The topological polar surface area (TPSA) is 70.3 Å². The SMILES string of the molecule is CCNc1cc(N2CCCN(C)CC2)nc(N)n1. The maximum Gasteiger partial charge on any atom is 0.223 e. The lowest BCUT2D eigenvalue weighted by atomic mass is 10.3. The van der Waals surface area contributed by atoms with Crippen molar-refractivity contribution in [3.63, 3.8) is 0 Å². The second-order valence-corrected chi connectivity index (χ2v) is 4.64. The normalized spacial score (nSPS) is 17.6. The van der Waals surface area contributed by atoms with E-state index in [1.54, 1.807) is 0 Å². The molecule has 100 valence electrons. The molecule has 6 heteroatoms. The van der Waals surface area contributed by atoms with E-state index in [-0.39, 0.29) is 0 Å². The summed E-state index contributed by atoms with van der Waals surface area (Å²) in [6.45, 7) is 7.07. The summed E-state index contributed by atoms with van der Waals surface area (Å²) in [6, 6.07) is 1.98. The van der Waals surface area contributed by atoms with Crippen LogP contribution < -0.4 is 16.0 Å². The Kier molecular flexibility index (Phi) is 4.19. The van der Waals surface area contributed by atoms with Crippen molar-refractivity contribution in [1.29, 1.82) is 0 Å². The van der Waals surface area contributed by atoms with Crippen molar-refractivity contribution < 1.29 is 0 Å². The molecule has 0 saturated carbocycles. The predicted molar refractivity (Wildman–Crippen MR) is 74.9 cm³/mol. The number of anilines is 3. The number of likely N-dealkylation sites (N-methyl/N-ethyl adjacent to an activating group) is 1. The van der Waals surface area contributed by atoms with Crippen LogP contribution in [0.15, 0.2) is 6.07 Å². The fourth-order valence-corrected chi connectivity index (χ4v) is 2.16. The lowest BCUT2D eigenvalue weighted by Gasteiger charge is -2.22. The monoisotopic (exact) mass is 250 g/mol. The van der Waals surface area contributed by atoms with Crippen LogP contribution in [0.25, 0.3) is 0 Å². The summed E-state index contributed by atoms with van der Waals surface area (Å²) in [4.78, 5) is 13.1. The van der Waals surface area contributed by atoms with E-state index in [0.29, 0.717) is 5.95 Å². The molecule has 0 aliphatic carbocycles. The molecule has 0 radical (unpaired) electrons. The second-order valence-electron chi connectivity index (χ2n) is 4.64. The summed E-state index contributed by atoms with van der Waals surface area (Å²) in [5.41, 5.74) is 5.76. The van der Waals surface area contributed by atoms with Crippen LogP contribution in [-0.4, -0.2) is 54.6 Å². The van der Waals surface area contributed by atoms with Gasteiger partial charge >= 0.3 is 0 Å². The highest BCUT2D eigenvalue weighted by Crippen LogP contribution is 2.18. The van der Waals surface area contributed by atoms with Gasteiger partial charge in [-0.25, -0.2) is 0 Å². The molecule has 1 saturated heterocycles. The second kappa shape index (κ2) is 5.86. The largest absolute Gasteiger partial charge is 0.370 e. The Morgan fingerprint density at radius 2 is 2.11 bits per heavy atom. The van der Waals surface area contributed by atoms with E-state index in [0.717, 1.165) is 50.8 Å². The molecule has 6 nitrogen and oxygen atoms in total. The smallest absolute Gasteiger partial charge is 0.223 e. The van der Waals surface area contributed by atoms with Crippen molar-refractivity contribution in [1.82, 2.24) is 14.9 Å². The summed E-state index contributed by atoms with van der Waals surface area (Å²) < 4.78 is 0. The fraction of sp³-hybridized carbons (Fsp3) is 0.667. The Hall–Kier alpha value is -1.56. The first-order chi connectivity index (χ1) is 8.69. The van der Waals surface area contributed by atoms with Crippen LogP contribution in [-0.2, 0) is 0 Å². The van der Waals surface area contributed by atoms with Crippen molar-refractivity contribution in [2.75, 3.05) is 55.7 Å². The van der Waals surface area contributed by atoms with E-state index >= 15 is 0 Å². The zero-order chi connectivity index (χ0) is 13.0. The van der Waals surface area contributed by atoms with Gasteiger partial charge in [-0.2, -0.15) is 9.97 Å². The van der Waals surface area contributed by atoms with E-state index < -0.39 is 0 Å². The van der Waals surface area contributed by atoms with Gasteiger partial charge in [-0.15, -0.1) is 0 Å². The molecule has 0 atom stereocenters. The molecule has 18 heavy (non-hydrogen) atoms. The third-order valence-electron chi connectivity index (χ3n) is 3.13. The molecule has 2 rings (SSSR count). The van der Waals surface area contributed by atoms with Gasteiger partial charge in [0.25, 0.3) is 0 Å². The van der Waals surface area contributed by atoms with Gasteiger partial charge in [-0.05, 0) is 26.9 Å². The molecule has 1 aliphatic rings. The summed E-state index contributed by atoms with van der Waals surface area (Å²) in [5, 5.41) is 3.18. The minimum atomic E-state index is 0.334. The van der Waals surface area contributed by atoms with Gasteiger partial charge in [-0.3, -0.25) is 0 Å². The number of nitrogens with zero attached hydrogens (tertiary/aromatic N) is 4. The van der Waals surface area contributed by atoms with E-state index in [1.165, 1.54) is 0 Å². The van der Waals surface area contributed by atoms with E-state index in [4.69, 9.17) is 5.73 Å². The maximum absolute atomic E-state index is 5.76. The van der Waals surface area contributed by atoms with Crippen LogP contribution in [0.2, 0.25) is 0 Å². The molecule has 0 spiro atoms. The molecular weight excluding hydrogens is 228 g/mol. The van der Waals surface area contributed by atoms with Crippen molar-refractivity contribution in [2.24, 2.45) is 0 Å². The lowest BCUT2D eigenvalue weighted by molar-refractivity contribution is 0.360. The molecular formula is C12H22N6. The Morgan fingerprint density at radius 1 is 1.28 bits per heavy atom. The third-order valence-corrected chi connectivity index (χ3v) is 3.13. The summed E-state index contributed by atoms with van der Waals surface area (Å²) >= 11 is 0. The van der Waals surface area contributed by atoms with Crippen molar-refractivity contribution in [3.05, 3.63) is 6.07 Å². The van der Waals surface area contributed by atoms with Crippen LogP contribution in [0.1, 0.15) is 13.3 Å². The number of aromatic nitrogens is 2. The number of nitrogens with one attached hydrogen (secondary N) is 1. The van der Waals surface area contributed by atoms with E-state index in [2.05, 4.69) is 32.1 Å². The van der Waals surface area contributed by atoms with E-state index in [1.807, 2.05) is 13.0 Å². The fourth-order valence-electron chi connectivity index (χ4n) is 2.16. The van der Waals surface area contributed by atoms with Crippen LogP contribution in [0.5, 0.6) is 0 Å². The van der Waals surface area contributed by atoms with Gasteiger partial charge in [0.15, 0.2) is 0 Å². The first-order valence-electron chi connectivity index (χ1n) is 6.51. The highest BCUT2D eigenvalue weighted by Gasteiger charge is 2.15. The Labute approximate surface area is 108 Å². The van der Waals surface area contributed by atoms with Crippen molar-refractivity contribution >= 4 is 17.6 Å². The highest BCUT2D eigenvalue weighted by molar-refractivity contribution is 5.52. The quantitative estimate of drug-likeness (QED) is 0.820. The average Bonchev–Trinajstić information content (AvgIpc) is 2.54. The van der Waals surface area contributed by atoms with Crippen LogP contribution >= 0.6 is 0 Å². The summed E-state index contributed by atoms with van der Waals surface area (Å²) in [5.74, 6) is 2.06. The van der Waals surface area contributed by atoms with Crippen LogP contribution in [0.3, 0.4) is 0 Å². The molecule has 0 unspecified atom stereocenters. The van der Waals surface area contributed by atoms with Gasteiger partial charge in [0.05, 0.1) is 0 Å². The molecule has 0 bridgehead atoms. The zero-order valence-electron chi connectivity index (χ0n) is 11.2. The molecule has 1 aromatic rings. The highest BCUT2D eigenvalue weighted by atomic mass is 15.3. The third kappa shape index (κ3) is 3.22. The van der Waals surface area contributed by atoms with Crippen molar-refractivity contribution in [3.8, 4) is 0 Å². The molecule has 0 amide bonds. The number of rotatable bonds is 3. The first kappa shape index (κ1) is 12.9. The molecule has 1 aliphatic heterocycles. The Morgan fingerprint density at radius 3 is 2.89 bits per heavy atom. The van der Waals surface area contributed by atoms with Crippen LogP contribution in [0, 0.1) is 0 Å². The van der Waals surface area contributed by atoms with E-state index in [9.17, 15) is 0 Å². The standard InChI is InChI=1S/C12H22N6/c1-3-14-10-9-11(16-12(13)15-10)18-6-4-5-17(2)7-8-18/h9H,3-8H2,1-2H3,(H3,13,14,15,16). The number of hydrogen-bond acceptors (Lipinski definition) is 6. The average molecular weight is 250 g/mol. The first-order valence-corrected chi connectivity index (χ1v) is 6.51. The number of nitrogens with two attached hydrogens (primary N) is 1. The number of hydrogen-bond donors (Lipinski definition) is 2. The Bertz CT molecular complexity index is 394. The molecule has 1 fully saturated rings.